The van der Waals surface area contributed by atoms with Crippen molar-refractivity contribution in [2.75, 3.05) is 5.32 Å². The van der Waals surface area contributed by atoms with E-state index in [2.05, 4.69) is 21.2 Å². The molecule has 5 nitrogen and oxygen atoms in total. The summed E-state index contributed by atoms with van der Waals surface area (Å²) in [5.41, 5.74) is -4.57. The Hall–Kier alpha value is -2.24. The maximum atomic E-state index is 13.0. The Kier molecular flexibility index (Phi) is 5.25. The fraction of sp³-hybridized carbons (Fsp3) is 0.333. The molecule has 0 unspecified atom stereocenters. The van der Waals surface area contributed by atoms with E-state index >= 15 is 0 Å². The number of cyclic esters (lactones) is 2. The van der Waals surface area contributed by atoms with Gasteiger partial charge in [0.1, 0.15) is 0 Å². The molecular weight excluding hydrogens is 452 g/mol. The van der Waals surface area contributed by atoms with E-state index in [0.717, 1.165) is 0 Å². The van der Waals surface area contributed by atoms with Gasteiger partial charge in [-0.25, -0.2) is 9.59 Å². The summed E-state index contributed by atoms with van der Waals surface area (Å²) in [5, 5.41) is 2.09. The highest BCUT2D eigenvalue weighted by Crippen LogP contribution is 2.43. The van der Waals surface area contributed by atoms with Crippen molar-refractivity contribution in [3.8, 4) is 0 Å². The maximum Gasteiger partial charge on any atom is 0.417 e. The van der Waals surface area contributed by atoms with Crippen molar-refractivity contribution in [1.29, 1.82) is 0 Å². The molecule has 1 aliphatic rings. The summed E-state index contributed by atoms with van der Waals surface area (Å²) in [6, 6.07) is 0.327. The Morgan fingerprint density at radius 3 is 1.96 bits per heavy atom. The van der Waals surface area contributed by atoms with Crippen molar-refractivity contribution in [3.63, 3.8) is 0 Å². The number of alkyl halides is 6. The Morgan fingerprint density at radius 2 is 1.52 bits per heavy atom. The van der Waals surface area contributed by atoms with Gasteiger partial charge in [0.05, 0.1) is 21.3 Å². The number of ether oxygens (including phenoxy) is 2. The van der Waals surface area contributed by atoms with Crippen LogP contribution in [0.2, 0.25) is 0 Å². The zero-order chi connectivity index (χ0) is 20.8. The quantitative estimate of drug-likeness (QED) is 0.301. The molecule has 1 aromatic rings. The number of carbonyl (C=O) groups excluding carboxylic acids is 2. The van der Waals surface area contributed by atoms with Crippen LogP contribution in [0.4, 0.5) is 32.0 Å². The van der Waals surface area contributed by atoms with Gasteiger partial charge in [-0.3, -0.25) is 0 Å². The number of nitrogens with one attached hydrogen (secondary N) is 1. The number of hydrogen-bond acceptors (Lipinski definition) is 5. The molecule has 0 bridgehead atoms. The molecule has 1 saturated heterocycles. The van der Waals surface area contributed by atoms with Crippen molar-refractivity contribution in [2.45, 2.75) is 32.0 Å². The molecular formula is C15H10BrF6NO4. The van der Waals surface area contributed by atoms with Crippen LogP contribution >= 0.6 is 15.9 Å². The Balaban J connectivity index is 2.47. The molecule has 0 spiro atoms. The van der Waals surface area contributed by atoms with E-state index in [1.165, 1.54) is 13.8 Å². The van der Waals surface area contributed by atoms with Gasteiger partial charge in [-0.05, 0) is 28.1 Å². The second-order valence-electron chi connectivity index (χ2n) is 5.76. The van der Waals surface area contributed by atoms with Gasteiger partial charge in [-0.2, -0.15) is 26.3 Å². The summed E-state index contributed by atoms with van der Waals surface area (Å²) >= 11 is 2.58. The van der Waals surface area contributed by atoms with Crippen LogP contribution < -0.4 is 5.32 Å². The Labute approximate surface area is 156 Å². The van der Waals surface area contributed by atoms with Gasteiger partial charge < -0.3 is 14.8 Å². The number of hydrogen-bond donors (Lipinski definition) is 1. The normalized spacial score (nSPS) is 17.3. The van der Waals surface area contributed by atoms with Gasteiger partial charge in [0.2, 0.25) is 0 Å². The zero-order valence-electron chi connectivity index (χ0n) is 13.5. The molecule has 1 N–H and O–H groups in total. The molecule has 0 amide bonds. The van der Waals surface area contributed by atoms with Crippen molar-refractivity contribution < 1.29 is 45.4 Å². The smallest absolute Gasteiger partial charge is 0.417 e. The molecule has 0 saturated carbocycles. The average molecular weight is 462 g/mol. The third-order valence-corrected chi connectivity index (χ3v) is 4.05. The van der Waals surface area contributed by atoms with E-state index in [4.69, 9.17) is 9.47 Å². The minimum atomic E-state index is -5.09. The molecule has 12 heteroatoms. The van der Waals surface area contributed by atoms with Gasteiger partial charge in [0.25, 0.3) is 5.79 Å². The van der Waals surface area contributed by atoms with E-state index in [9.17, 15) is 35.9 Å². The van der Waals surface area contributed by atoms with Crippen LogP contribution in [0.1, 0.15) is 25.0 Å². The van der Waals surface area contributed by atoms with Gasteiger partial charge in [-0.15, -0.1) is 0 Å². The van der Waals surface area contributed by atoms with Crippen LogP contribution in [0.3, 0.4) is 0 Å². The predicted molar refractivity (Wildman–Crippen MR) is 82.1 cm³/mol. The standard InChI is InChI=1S/C15H10BrF6NO4/c1-13(2)26-11(24)7(12(25)27-13)5-23-9-4-6(14(17,18)19)3-8(10(9)16)15(20,21)22/h3-5,23H,1-2H3. The summed E-state index contributed by atoms with van der Waals surface area (Å²) in [4.78, 5) is 23.6. The monoisotopic (exact) mass is 461 g/mol. The third-order valence-electron chi connectivity index (χ3n) is 3.19. The SMILES string of the molecule is CC1(C)OC(=O)C(=CNc2cc(C(F)(F)F)cc(C(F)(F)F)c2Br)C(=O)O1. The van der Waals surface area contributed by atoms with Crippen LogP contribution in [-0.2, 0) is 31.4 Å². The number of anilines is 1. The van der Waals surface area contributed by atoms with E-state index < -0.39 is 56.9 Å². The van der Waals surface area contributed by atoms with Crippen LogP contribution in [0.25, 0.3) is 0 Å². The lowest BCUT2D eigenvalue weighted by Crippen LogP contribution is -2.42. The highest BCUT2D eigenvalue weighted by atomic mass is 79.9. The number of rotatable bonds is 2. The second-order valence-corrected chi connectivity index (χ2v) is 6.56. The van der Waals surface area contributed by atoms with Gasteiger partial charge in [0, 0.05) is 20.0 Å². The van der Waals surface area contributed by atoms with Gasteiger partial charge in [-0.1, -0.05) is 0 Å². The van der Waals surface area contributed by atoms with Crippen molar-refractivity contribution in [2.24, 2.45) is 0 Å². The fourth-order valence-corrected chi connectivity index (χ4v) is 2.60. The van der Waals surface area contributed by atoms with Crippen molar-refractivity contribution >= 4 is 33.6 Å². The molecule has 1 fully saturated rings. The summed E-state index contributed by atoms with van der Waals surface area (Å²) in [5.74, 6) is -3.85. The minimum absolute atomic E-state index is 0.0614. The average Bonchev–Trinajstić information content (AvgIpc) is 2.44. The van der Waals surface area contributed by atoms with Crippen molar-refractivity contribution in [3.05, 3.63) is 39.5 Å². The first-order valence-corrected chi connectivity index (χ1v) is 7.82. The number of esters is 2. The maximum absolute atomic E-state index is 13.0. The van der Waals surface area contributed by atoms with E-state index in [-0.39, 0.29) is 6.07 Å². The summed E-state index contributed by atoms with van der Waals surface area (Å²) in [6.07, 6.45) is -9.53. The minimum Gasteiger partial charge on any atom is -0.419 e. The number of carbonyl (C=O) groups is 2. The van der Waals surface area contributed by atoms with E-state index in [1.807, 2.05) is 0 Å². The fourth-order valence-electron chi connectivity index (χ4n) is 2.03. The topological polar surface area (TPSA) is 64.6 Å². The lowest BCUT2D eigenvalue weighted by molar-refractivity contribution is -0.222. The Bertz CT molecular complexity index is 807. The van der Waals surface area contributed by atoms with E-state index in [0.29, 0.717) is 12.3 Å². The highest BCUT2D eigenvalue weighted by molar-refractivity contribution is 9.10. The molecule has 148 valence electrons. The zero-order valence-corrected chi connectivity index (χ0v) is 15.1. The first-order chi connectivity index (χ1) is 12.1. The van der Waals surface area contributed by atoms with Crippen LogP contribution in [0.15, 0.2) is 28.4 Å². The molecule has 0 radical (unpaired) electrons. The van der Waals surface area contributed by atoms with Gasteiger partial charge in [0.15, 0.2) is 5.57 Å². The lowest BCUT2D eigenvalue weighted by atomic mass is 10.1. The number of halogens is 7. The largest absolute Gasteiger partial charge is 0.419 e. The predicted octanol–water partition coefficient (Wildman–Crippen LogP) is 4.62. The molecule has 0 atom stereocenters. The lowest BCUT2D eigenvalue weighted by Gasteiger charge is -2.29. The molecule has 1 aliphatic heterocycles. The van der Waals surface area contributed by atoms with Crippen LogP contribution in [-0.4, -0.2) is 17.7 Å². The van der Waals surface area contributed by atoms with E-state index in [1.54, 1.807) is 0 Å². The molecule has 0 aliphatic carbocycles. The highest BCUT2D eigenvalue weighted by Gasteiger charge is 2.40. The summed E-state index contributed by atoms with van der Waals surface area (Å²) in [6.45, 7) is 2.54. The third kappa shape index (κ3) is 4.73. The first-order valence-electron chi connectivity index (χ1n) is 7.03. The van der Waals surface area contributed by atoms with Crippen molar-refractivity contribution in [1.82, 2.24) is 0 Å². The second kappa shape index (κ2) is 6.73. The van der Waals surface area contributed by atoms with Crippen LogP contribution in [0.5, 0.6) is 0 Å². The van der Waals surface area contributed by atoms with Crippen LogP contribution in [0, 0.1) is 0 Å². The first kappa shape index (κ1) is 21.1. The molecule has 27 heavy (non-hydrogen) atoms. The summed E-state index contributed by atoms with van der Waals surface area (Å²) in [7, 11) is 0. The summed E-state index contributed by atoms with van der Waals surface area (Å²) < 4.78 is 86.5. The Morgan fingerprint density at radius 1 is 1.00 bits per heavy atom. The molecule has 1 heterocycles. The number of benzene rings is 1. The van der Waals surface area contributed by atoms with Gasteiger partial charge >= 0.3 is 24.3 Å². The molecule has 2 rings (SSSR count). The molecule has 1 aromatic carbocycles. The molecule has 0 aromatic heterocycles.